The fraction of sp³-hybridized carbons (Fsp3) is 0.240. The van der Waals surface area contributed by atoms with E-state index in [0.717, 1.165) is 5.56 Å². The van der Waals surface area contributed by atoms with Gasteiger partial charge in [0.2, 0.25) is 10.0 Å². The molecule has 1 aliphatic heterocycles. The molecule has 0 radical (unpaired) electrons. The second-order valence-electron chi connectivity index (χ2n) is 8.32. The third-order valence-electron chi connectivity index (χ3n) is 5.89. The van der Waals surface area contributed by atoms with Gasteiger partial charge >= 0.3 is 5.97 Å². The molecule has 0 amide bonds. The molecule has 0 aliphatic carbocycles. The molecule has 0 unspecified atom stereocenters. The maximum Gasteiger partial charge on any atom is 0.320 e. The molecule has 0 bridgehead atoms. The van der Waals surface area contributed by atoms with Gasteiger partial charge in [0, 0.05) is 0 Å². The van der Waals surface area contributed by atoms with Crippen LogP contribution in [0.2, 0.25) is 0 Å². The lowest BCUT2D eigenvalue weighted by Crippen LogP contribution is -2.63. The van der Waals surface area contributed by atoms with E-state index in [-0.39, 0.29) is 30.2 Å². The van der Waals surface area contributed by atoms with E-state index in [2.05, 4.69) is 0 Å². The first-order valence-electron chi connectivity index (χ1n) is 10.8. The minimum atomic E-state index is -3.81. The van der Waals surface area contributed by atoms with Gasteiger partial charge in [0.1, 0.15) is 17.6 Å². The molecule has 1 heterocycles. The summed E-state index contributed by atoms with van der Waals surface area (Å²) >= 11 is 0. The minimum absolute atomic E-state index is 0.0881. The molecule has 0 spiro atoms. The van der Waals surface area contributed by atoms with Crippen molar-refractivity contribution < 1.29 is 27.4 Å². The van der Waals surface area contributed by atoms with Gasteiger partial charge in [-0.1, -0.05) is 42.5 Å². The van der Waals surface area contributed by atoms with Crippen molar-refractivity contribution in [3.63, 3.8) is 0 Å². The van der Waals surface area contributed by atoms with Crippen molar-refractivity contribution in [2.24, 2.45) is 5.73 Å². The third-order valence-corrected chi connectivity index (χ3v) is 7.68. The summed E-state index contributed by atoms with van der Waals surface area (Å²) in [7, 11) is -3.81. The molecule has 178 valence electrons. The van der Waals surface area contributed by atoms with E-state index in [1.54, 1.807) is 18.2 Å². The Morgan fingerprint density at radius 1 is 1.06 bits per heavy atom. The van der Waals surface area contributed by atoms with E-state index in [4.69, 9.17) is 15.6 Å². The van der Waals surface area contributed by atoms with Gasteiger partial charge in [-0.3, -0.25) is 4.79 Å². The summed E-state index contributed by atoms with van der Waals surface area (Å²) in [6, 6.07) is 20.4. The van der Waals surface area contributed by atoms with Crippen LogP contribution in [-0.2, 0) is 26.8 Å². The Kier molecular flexibility index (Phi) is 6.70. The van der Waals surface area contributed by atoms with Crippen molar-refractivity contribution in [1.82, 2.24) is 4.31 Å². The molecular weight excluding hydrogens is 459 g/mol. The second-order valence-corrected chi connectivity index (χ2v) is 10.3. The summed E-state index contributed by atoms with van der Waals surface area (Å²) in [6.07, 6.45) is 0.545. The summed E-state index contributed by atoms with van der Waals surface area (Å²) in [5.74, 6) is -1.04. The highest BCUT2D eigenvalue weighted by molar-refractivity contribution is 7.89. The molecule has 1 saturated heterocycles. The normalized spacial score (nSPS) is 16.4. The van der Waals surface area contributed by atoms with Crippen LogP contribution >= 0.6 is 0 Å². The molecule has 9 heteroatoms. The predicted octanol–water partition coefficient (Wildman–Crippen LogP) is 3.15. The summed E-state index contributed by atoms with van der Waals surface area (Å²) in [5.41, 5.74) is 6.17. The number of benzene rings is 3. The molecular formula is C25H25FN2O5S. The Balaban J connectivity index is 1.54. The molecule has 1 atom stereocenters. The average Bonchev–Trinajstić information content (AvgIpc) is 2.81. The molecule has 0 aromatic heterocycles. The van der Waals surface area contributed by atoms with E-state index in [0.29, 0.717) is 17.7 Å². The minimum Gasteiger partial charge on any atom is -0.480 e. The highest BCUT2D eigenvalue weighted by atomic mass is 32.2. The first kappa shape index (κ1) is 23.9. The van der Waals surface area contributed by atoms with Crippen LogP contribution in [0.4, 0.5) is 4.39 Å². The molecule has 3 aromatic rings. The number of halogens is 1. The maximum atomic E-state index is 13.3. The number of hydrogen-bond donors (Lipinski definition) is 2. The number of nitrogens with two attached hydrogens (primary N) is 1. The van der Waals surface area contributed by atoms with E-state index in [9.17, 15) is 17.6 Å². The van der Waals surface area contributed by atoms with Gasteiger partial charge in [0.05, 0.1) is 18.0 Å². The van der Waals surface area contributed by atoms with Crippen LogP contribution < -0.4 is 10.5 Å². The number of carboxylic acids is 1. The number of ether oxygens (including phenoxy) is 1. The first-order chi connectivity index (χ1) is 16.2. The average molecular weight is 485 g/mol. The number of hydrogen-bond acceptors (Lipinski definition) is 5. The lowest BCUT2D eigenvalue weighted by Gasteiger charge is -2.48. The van der Waals surface area contributed by atoms with Crippen LogP contribution in [0.3, 0.4) is 0 Å². The molecule has 0 saturated carbocycles. The molecule has 4 rings (SSSR count). The van der Waals surface area contributed by atoms with Crippen LogP contribution in [0, 0.1) is 5.82 Å². The number of aliphatic carboxylic acids is 1. The fourth-order valence-electron chi connectivity index (χ4n) is 3.93. The summed E-state index contributed by atoms with van der Waals surface area (Å²) in [5, 5.41) is 8.96. The Morgan fingerprint density at radius 2 is 1.74 bits per heavy atom. The first-order valence-corrected chi connectivity index (χ1v) is 12.2. The highest BCUT2D eigenvalue weighted by Crippen LogP contribution is 2.40. The third kappa shape index (κ3) is 4.96. The quantitative estimate of drug-likeness (QED) is 0.483. The Morgan fingerprint density at radius 3 is 2.38 bits per heavy atom. The van der Waals surface area contributed by atoms with Crippen molar-refractivity contribution in [2.45, 2.75) is 29.4 Å². The highest BCUT2D eigenvalue weighted by Gasteiger charge is 2.52. The number of nitrogens with zero attached hydrogens (tertiary/aromatic N) is 1. The summed E-state index contributed by atoms with van der Waals surface area (Å²) in [6.45, 7) is 0.176. The standard InChI is InChI=1S/C25H25FN2O5S/c26-20-10-12-21(13-11-20)33-25(19-6-2-1-3-7-19)16-28(17-25)34(31,32)22-8-4-5-18(15-22)9-14-23(27)24(29)30/h1-8,10-13,15,23H,9,14,16-17,27H2,(H,29,30)/t23-/m0/s1. The summed E-state index contributed by atoms with van der Waals surface area (Å²) < 4.78 is 47.5. The molecule has 7 nitrogen and oxygen atoms in total. The van der Waals surface area contributed by atoms with Crippen LogP contribution in [-0.4, -0.2) is 42.9 Å². The largest absolute Gasteiger partial charge is 0.480 e. The number of aryl methyl sites for hydroxylation is 1. The van der Waals surface area contributed by atoms with E-state index >= 15 is 0 Å². The van der Waals surface area contributed by atoms with Crippen molar-refractivity contribution in [3.8, 4) is 5.75 Å². The van der Waals surface area contributed by atoms with E-state index in [1.165, 1.54) is 34.6 Å². The number of carboxylic acid groups (broad SMARTS) is 1. The molecule has 3 N–H and O–H groups in total. The zero-order chi connectivity index (χ0) is 24.3. The van der Waals surface area contributed by atoms with Gasteiger partial charge in [-0.2, -0.15) is 4.31 Å². The van der Waals surface area contributed by atoms with Crippen molar-refractivity contribution in [3.05, 3.63) is 95.8 Å². The maximum absolute atomic E-state index is 13.3. The van der Waals surface area contributed by atoms with Gasteiger partial charge in [-0.15, -0.1) is 0 Å². The van der Waals surface area contributed by atoms with Gasteiger partial charge < -0.3 is 15.6 Å². The number of rotatable bonds is 9. The van der Waals surface area contributed by atoms with Crippen LogP contribution in [0.15, 0.2) is 83.8 Å². The smallest absolute Gasteiger partial charge is 0.320 e. The molecule has 1 aliphatic rings. The van der Waals surface area contributed by atoms with Crippen molar-refractivity contribution in [1.29, 1.82) is 0 Å². The van der Waals surface area contributed by atoms with Gasteiger partial charge in [-0.25, -0.2) is 12.8 Å². The molecule has 34 heavy (non-hydrogen) atoms. The number of carbonyl (C=O) groups is 1. The zero-order valence-electron chi connectivity index (χ0n) is 18.3. The topological polar surface area (TPSA) is 110 Å². The van der Waals surface area contributed by atoms with E-state index < -0.39 is 27.6 Å². The summed E-state index contributed by atoms with van der Waals surface area (Å²) in [4.78, 5) is 11.1. The van der Waals surface area contributed by atoms with Gasteiger partial charge in [-0.05, 0) is 60.4 Å². The monoisotopic (exact) mass is 484 g/mol. The van der Waals surface area contributed by atoms with Crippen LogP contribution in [0.1, 0.15) is 17.5 Å². The van der Waals surface area contributed by atoms with Crippen molar-refractivity contribution >= 4 is 16.0 Å². The second kappa shape index (κ2) is 9.54. The van der Waals surface area contributed by atoms with Gasteiger partial charge in [0.25, 0.3) is 0 Å². The predicted molar refractivity (Wildman–Crippen MR) is 124 cm³/mol. The molecule has 3 aromatic carbocycles. The van der Waals surface area contributed by atoms with Crippen molar-refractivity contribution in [2.75, 3.05) is 13.1 Å². The fourth-order valence-corrected chi connectivity index (χ4v) is 5.53. The van der Waals surface area contributed by atoms with Crippen LogP contribution in [0.25, 0.3) is 0 Å². The van der Waals surface area contributed by atoms with Crippen LogP contribution in [0.5, 0.6) is 5.75 Å². The Bertz CT molecular complexity index is 1260. The lowest BCUT2D eigenvalue weighted by atomic mass is 9.87. The zero-order valence-corrected chi connectivity index (χ0v) is 19.1. The Hall–Kier alpha value is -3.27. The number of sulfonamides is 1. The molecule has 1 fully saturated rings. The Labute approximate surface area is 197 Å². The van der Waals surface area contributed by atoms with E-state index in [1.807, 2.05) is 30.3 Å². The van der Waals surface area contributed by atoms with Gasteiger partial charge in [0.15, 0.2) is 5.60 Å². The lowest BCUT2D eigenvalue weighted by molar-refractivity contribution is -0.138. The SMILES string of the molecule is N[C@@H](CCc1cccc(S(=O)(=O)N2CC(Oc3ccc(F)cc3)(c3ccccc3)C2)c1)C(=O)O.